The van der Waals surface area contributed by atoms with Gasteiger partial charge in [0.25, 0.3) is 0 Å². The second kappa shape index (κ2) is 7.35. The Morgan fingerprint density at radius 2 is 1.77 bits per heavy atom. The van der Waals surface area contributed by atoms with Crippen LogP contribution in [-0.4, -0.2) is 44.6 Å². The molecule has 2 heterocycles. The summed E-state index contributed by atoms with van der Waals surface area (Å²) in [4.78, 5) is 14.0. The van der Waals surface area contributed by atoms with Crippen LogP contribution in [0.3, 0.4) is 0 Å². The molecule has 0 bridgehead atoms. The first-order chi connectivity index (χ1) is 12.8. The van der Waals surface area contributed by atoms with E-state index in [0.29, 0.717) is 12.3 Å². The number of aromatic nitrogens is 2. The second-order valence-electron chi connectivity index (χ2n) is 6.05. The number of rotatable bonds is 5. The summed E-state index contributed by atoms with van der Waals surface area (Å²) in [6, 6.07) is 19.9. The van der Waals surface area contributed by atoms with Crippen LogP contribution in [0.4, 0.5) is 0 Å². The molecule has 4 rings (SSSR count). The molecule has 0 saturated carbocycles. The van der Waals surface area contributed by atoms with Crippen molar-refractivity contribution in [3.05, 3.63) is 72.4 Å². The molecule has 6 heteroatoms. The van der Waals surface area contributed by atoms with E-state index in [0.717, 1.165) is 22.5 Å². The standard InChI is InChI=1S/C20H19N3O2S/c24-12-11-22-18(25)14-26-20(22)17-13-23(16-9-5-2-6-10-16)21-19(17)15-7-3-1-4-8-15/h1-10,13,20,24H,11-12,14H2. The van der Waals surface area contributed by atoms with E-state index in [1.807, 2.05) is 71.5 Å². The zero-order valence-electron chi connectivity index (χ0n) is 14.2. The molecule has 1 N–H and O–H groups in total. The zero-order valence-corrected chi connectivity index (χ0v) is 15.0. The molecule has 1 aromatic heterocycles. The molecule has 0 radical (unpaired) electrons. The van der Waals surface area contributed by atoms with Crippen LogP contribution < -0.4 is 0 Å². The van der Waals surface area contributed by atoms with Crippen molar-refractivity contribution < 1.29 is 9.90 Å². The highest BCUT2D eigenvalue weighted by Crippen LogP contribution is 2.42. The van der Waals surface area contributed by atoms with E-state index < -0.39 is 0 Å². The van der Waals surface area contributed by atoms with Gasteiger partial charge in [0.2, 0.25) is 5.91 Å². The van der Waals surface area contributed by atoms with Gasteiger partial charge in [-0.15, -0.1) is 11.8 Å². The van der Waals surface area contributed by atoms with Gasteiger partial charge in [0.05, 0.1) is 23.7 Å². The predicted molar refractivity (Wildman–Crippen MR) is 103 cm³/mol. The van der Waals surface area contributed by atoms with Crippen LogP contribution in [-0.2, 0) is 4.79 Å². The molecule has 1 atom stereocenters. The minimum absolute atomic E-state index is 0.0453. The van der Waals surface area contributed by atoms with Gasteiger partial charge in [-0.25, -0.2) is 4.68 Å². The Morgan fingerprint density at radius 3 is 2.46 bits per heavy atom. The Morgan fingerprint density at radius 1 is 1.08 bits per heavy atom. The monoisotopic (exact) mass is 365 g/mol. The molecule has 0 spiro atoms. The molecule has 5 nitrogen and oxygen atoms in total. The van der Waals surface area contributed by atoms with E-state index in [1.54, 1.807) is 16.7 Å². The van der Waals surface area contributed by atoms with E-state index in [4.69, 9.17) is 5.10 Å². The Balaban J connectivity index is 1.82. The van der Waals surface area contributed by atoms with Crippen LogP contribution in [0.1, 0.15) is 10.9 Å². The van der Waals surface area contributed by atoms with E-state index in [9.17, 15) is 9.90 Å². The molecule has 1 aliphatic rings. The highest BCUT2D eigenvalue weighted by molar-refractivity contribution is 8.00. The first-order valence-electron chi connectivity index (χ1n) is 8.50. The van der Waals surface area contributed by atoms with Gasteiger partial charge in [-0.05, 0) is 12.1 Å². The molecule has 1 unspecified atom stereocenters. The normalized spacial score (nSPS) is 17.0. The van der Waals surface area contributed by atoms with Gasteiger partial charge < -0.3 is 10.0 Å². The van der Waals surface area contributed by atoms with Gasteiger partial charge in [0, 0.05) is 23.9 Å². The molecule has 0 aliphatic carbocycles. The number of hydrogen-bond donors (Lipinski definition) is 1. The maximum atomic E-state index is 12.2. The van der Waals surface area contributed by atoms with E-state index in [-0.39, 0.29) is 17.9 Å². The lowest BCUT2D eigenvalue weighted by Crippen LogP contribution is -2.31. The fourth-order valence-electron chi connectivity index (χ4n) is 3.16. The summed E-state index contributed by atoms with van der Waals surface area (Å²) in [7, 11) is 0. The molecule has 1 saturated heterocycles. The zero-order chi connectivity index (χ0) is 17.9. The summed E-state index contributed by atoms with van der Waals surface area (Å²) in [5.41, 5.74) is 3.84. The topological polar surface area (TPSA) is 58.4 Å². The third-order valence-electron chi connectivity index (χ3n) is 4.39. The quantitative estimate of drug-likeness (QED) is 0.755. The number of carbonyl (C=O) groups excluding carboxylic acids is 1. The van der Waals surface area contributed by atoms with Crippen LogP contribution in [0.5, 0.6) is 0 Å². The number of aliphatic hydroxyl groups is 1. The van der Waals surface area contributed by atoms with Gasteiger partial charge in [-0.3, -0.25) is 4.79 Å². The Hall–Kier alpha value is -2.57. The number of carbonyl (C=O) groups is 1. The van der Waals surface area contributed by atoms with Crippen molar-refractivity contribution in [2.75, 3.05) is 18.9 Å². The Labute approximate surface area is 156 Å². The SMILES string of the molecule is O=C1CSC(c2cn(-c3ccccc3)nc2-c2ccccc2)N1CCO. The highest BCUT2D eigenvalue weighted by Gasteiger charge is 2.35. The number of benzene rings is 2. The first-order valence-corrected chi connectivity index (χ1v) is 9.55. The molecular weight excluding hydrogens is 346 g/mol. The molecule has 26 heavy (non-hydrogen) atoms. The molecule has 132 valence electrons. The number of amides is 1. The lowest BCUT2D eigenvalue weighted by Gasteiger charge is -2.22. The van der Waals surface area contributed by atoms with Crippen molar-refractivity contribution in [1.29, 1.82) is 0 Å². The maximum Gasteiger partial charge on any atom is 0.233 e. The highest BCUT2D eigenvalue weighted by atomic mass is 32.2. The van der Waals surface area contributed by atoms with Gasteiger partial charge in [0.1, 0.15) is 5.37 Å². The fraction of sp³-hybridized carbons (Fsp3) is 0.200. The lowest BCUT2D eigenvalue weighted by molar-refractivity contribution is -0.128. The molecule has 2 aromatic carbocycles. The van der Waals surface area contributed by atoms with Crippen LogP contribution >= 0.6 is 11.8 Å². The summed E-state index contributed by atoms with van der Waals surface area (Å²) < 4.78 is 1.86. The van der Waals surface area contributed by atoms with Crippen LogP contribution in [0.2, 0.25) is 0 Å². The Kier molecular flexibility index (Phi) is 4.77. The number of nitrogens with zero attached hydrogens (tertiary/aromatic N) is 3. The summed E-state index contributed by atoms with van der Waals surface area (Å²) in [5, 5.41) is 14.0. The number of thioether (sulfide) groups is 1. The third-order valence-corrected chi connectivity index (χ3v) is 5.62. The van der Waals surface area contributed by atoms with Crippen molar-refractivity contribution in [2.45, 2.75) is 5.37 Å². The summed E-state index contributed by atoms with van der Waals surface area (Å²) in [6.07, 6.45) is 2.00. The number of aliphatic hydroxyl groups excluding tert-OH is 1. The van der Waals surface area contributed by atoms with Crippen molar-refractivity contribution >= 4 is 17.7 Å². The molecule has 3 aromatic rings. The predicted octanol–water partition coefficient (Wildman–Crippen LogP) is 3.11. The average Bonchev–Trinajstić information content (AvgIpc) is 3.28. The van der Waals surface area contributed by atoms with Crippen LogP contribution in [0.15, 0.2) is 66.9 Å². The van der Waals surface area contributed by atoms with Crippen molar-refractivity contribution in [1.82, 2.24) is 14.7 Å². The van der Waals surface area contributed by atoms with Crippen molar-refractivity contribution in [3.8, 4) is 16.9 Å². The number of hydrogen-bond acceptors (Lipinski definition) is 4. The van der Waals surface area contributed by atoms with E-state index in [1.165, 1.54) is 0 Å². The molecule has 1 amide bonds. The fourth-order valence-corrected chi connectivity index (χ4v) is 4.38. The smallest absolute Gasteiger partial charge is 0.233 e. The Bertz CT molecular complexity index is 896. The van der Waals surface area contributed by atoms with Crippen LogP contribution in [0.25, 0.3) is 16.9 Å². The van der Waals surface area contributed by atoms with Gasteiger partial charge in [-0.2, -0.15) is 5.10 Å². The summed E-state index contributed by atoms with van der Waals surface area (Å²) >= 11 is 1.58. The van der Waals surface area contributed by atoms with Crippen molar-refractivity contribution in [2.24, 2.45) is 0 Å². The van der Waals surface area contributed by atoms with Gasteiger partial charge in [0.15, 0.2) is 0 Å². The molecule has 1 fully saturated rings. The lowest BCUT2D eigenvalue weighted by atomic mass is 10.1. The van der Waals surface area contributed by atoms with Gasteiger partial charge >= 0.3 is 0 Å². The molecule has 1 aliphatic heterocycles. The minimum Gasteiger partial charge on any atom is -0.395 e. The average molecular weight is 365 g/mol. The number of para-hydroxylation sites is 1. The minimum atomic E-state index is -0.137. The second-order valence-corrected chi connectivity index (χ2v) is 7.12. The van der Waals surface area contributed by atoms with Crippen molar-refractivity contribution in [3.63, 3.8) is 0 Å². The maximum absolute atomic E-state index is 12.2. The molecular formula is C20H19N3O2S. The largest absolute Gasteiger partial charge is 0.395 e. The van der Waals surface area contributed by atoms with Gasteiger partial charge in [-0.1, -0.05) is 48.5 Å². The first kappa shape index (κ1) is 16.9. The summed E-state index contributed by atoms with van der Waals surface area (Å²) in [5.74, 6) is 0.482. The summed E-state index contributed by atoms with van der Waals surface area (Å²) in [6.45, 7) is 0.289. The van der Waals surface area contributed by atoms with Crippen LogP contribution in [0, 0.1) is 0 Å². The number of β-amino-alcohol motifs (C(OH)–C–C–N with tert-alkyl or cyclic N) is 1. The van der Waals surface area contributed by atoms with E-state index >= 15 is 0 Å². The third kappa shape index (κ3) is 3.13. The van der Waals surface area contributed by atoms with E-state index in [2.05, 4.69) is 0 Å².